The number of nitrogens with zero attached hydrogens (tertiary/aromatic N) is 1. The molecule has 0 fully saturated rings. The molecule has 1 amide bonds. The minimum Gasteiger partial charge on any atom is -0.465 e. The van der Waals surface area contributed by atoms with Gasteiger partial charge >= 0.3 is 0 Å². The maximum absolute atomic E-state index is 11.8. The minimum absolute atomic E-state index is 0.201. The van der Waals surface area contributed by atoms with E-state index in [-0.39, 0.29) is 5.91 Å². The molecule has 5 heteroatoms. The number of carbonyl (C=O) groups excluding carboxylic acids is 1. The van der Waals surface area contributed by atoms with Gasteiger partial charge in [0.25, 0.3) is 0 Å². The normalized spacial score (nSPS) is 11.2. The molecule has 0 aliphatic heterocycles. The fourth-order valence-corrected chi connectivity index (χ4v) is 2.66. The van der Waals surface area contributed by atoms with Crippen molar-refractivity contribution < 1.29 is 9.21 Å². The second-order valence-electron chi connectivity index (χ2n) is 4.25. The maximum atomic E-state index is 11.8. The number of aryl methyl sites for hydroxylation is 1. The van der Waals surface area contributed by atoms with Crippen molar-refractivity contribution >= 4 is 39.2 Å². The van der Waals surface area contributed by atoms with Crippen molar-refractivity contribution in [3.05, 3.63) is 53.4 Å². The lowest BCUT2D eigenvalue weighted by molar-refractivity contribution is -0.111. The summed E-state index contributed by atoms with van der Waals surface area (Å²) in [5.74, 6) is 0.443. The number of thiazole rings is 1. The third kappa shape index (κ3) is 2.78. The molecule has 2 aromatic heterocycles. The molecular weight excluding hydrogens is 272 g/mol. The van der Waals surface area contributed by atoms with Gasteiger partial charge in [-0.2, -0.15) is 0 Å². The molecule has 20 heavy (non-hydrogen) atoms. The van der Waals surface area contributed by atoms with E-state index in [4.69, 9.17) is 4.42 Å². The first-order valence-electron chi connectivity index (χ1n) is 6.10. The Morgan fingerprint density at radius 3 is 3.10 bits per heavy atom. The molecule has 1 aromatic carbocycles. The van der Waals surface area contributed by atoms with Crippen LogP contribution in [0.1, 0.15) is 10.8 Å². The highest BCUT2D eigenvalue weighted by Crippen LogP contribution is 2.24. The maximum Gasteiger partial charge on any atom is 0.248 e. The lowest BCUT2D eigenvalue weighted by Crippen LogP contribution is -2.07. The second kappa shape index (κ2) is 5.30. The third-order valence-corrected chi connectivity index (χ3v) is 3.66. The summed E-state index contributed by atoms with van der Waals surface area (Å²) in [6, 6.07) is 9.27. The summed E-state index contributed by atoms with van der Waals surface area (Å²) in [4.78, 5) is 16.2. The lowest BCUT2D eigenvalue weighted by atomic mass is 10.3. The van der Waals surface area contributed by atoms with Crippen LogP contribution >= 0.6 is 11.3 Å². The zero-order valence-electron chi connectivity index (χ0n) is 10.8. The van der Waals surface area contributed by atoms with Crippen LogP contribution < -0.4 is 5.32 Å². The highest BCUT2D eigenvalue weighted by atomic mass is 32.1. The van der Waals surface area contributed by atoms with Crippen LogP contribution in [0.2, 0.25) is 0 Å². The predicted octanol–water partition coefficient (Wildman–Crippen LogP) is 3.85. The number of fused-ring (bicyclic) bond motifs is 1. The number of nitrogens with one attached hydrogen (secondary N) is 1. The van der Waals surface area contributed by atoms with Crippen molar-refractivity contribution in [1.82, 2.24) is 4.98 Å². The number of hydrogen-bond acceptors (Lipinski definition) is 4. The van der Waals surface area contributed by atoms with Crippen LogP contribution in [0.5, 0.6) is 0 Å². The minimum atomic E-state index is -0.201. The van der Waals surface area contributed by atoms with Crippen molar-refractivity contribution in [1.29, 1.82) is 0 Å². The first-order chi connectivity index (χ1) is 9.70. The molecule has 4 nitrogen and oxygen atoms in total. The van der Waals surface area contributed by atoms with Gasteiger partial charge in [-0.05, 0) is 43.3 Å². The molecule has 0 saturated carbocycles. The SMILES string of the molecule is Cc1nc2cc(NC(=O)/C=C/c3ccco3)ccc2s1. The van der Waals surface area contributed by atoms with Crippen LogP contribution in [0.25, 0.3) is 16.3 Å². The summed E-state index contributed by atoms with van der Waals surface area (Å²) < 4.78 is 6.24. The summed E-state index contributed by atoms with van der Waals surface area (Å²) in [6.45, 7) is 1.97. The Labute approximate surface area is 119 Å². The molecule has 0 saturated heterocycles. The molecule has 3 rings (SSSR count). The summed E-state index contributed by atoms with van der Waals surface area (Å²) >= 11 is 1.64. The Balaban J connectivity index is 1.73. The molecule has 1 N–H and O–H groups in total. The Morgan fingerprint density at radius 1 is 1.40 bits per heavy atom. The molecule has 0 aliphatic carbocycles. The van der Waals surface area contributed by atoms with Gasteiger partial charge in [-0.15, -0.1) is 11.3 Å². The van der Waals surface area contributed by atoms with E-state index in [1.165, 1.54) is 6.08 Å². The molecule has 100 valence electrons. The van der Waals surface area contributed by atoms with E-state index in [1.54, 1.807) is 35.8 Å². The topological polar surface area (TPSA) is 55.1 Å². The summed E-state index contributed by atoms with van der Waals surface area (Å²) in [7, 11) is 0. The summed E-state index contributed by atoms with van der Waals surface area (Å²) in [6.07, 6.45) is 4.63. The molecule has 2 heterocycles. The van der Waals surface area contributed by atoms with Crippen LogP contribution in [0, 0.1) is 6.92 Å². The second-order valence-corrected chi connectivity index (χ2v) is 5.49. The average Bonchev–Trinajstić information content (AvgIpc) is 3.04. The monoisotopic (exact) mass is 284 g/mol. The standard InChI is InChI=1S/C15H12N2O2S/c1-10-16-13-9-11(4-6-14(13)20-10)17-15(18)7-5-12-3-2-8-19-12/h2-9H,1H3,(H,17,18)/b7-5+. The molecular formula is C15H12N2O2S. The van der Waals surface area contributed by atoms with Gasteiger partial charge in [0, 0.05) is 11.8 Å². The number of aromatic nitrogens is 1. The Morgan fingerprint density at radius 2 is 2.30 bits per heavy atom. The number of benzene rings is 1. The number of carbonyl (C=O) groups is 1. The number of amides is 1. The van der Waals surface area contributed by atoms with E-state index in [0.29, 0.717) is 5.76 Å². The molecule has 3 aromatic rings. The van der Waals surface area contributed by atoms with Crippen LogP contribution in [-0.2, 0) is 4.79 Å². The zero-order chi connectivity index (χ0) is 13.9. The Hall–Kier alpha value is -2.40. The number of anilines is 1. The third-order valence-electron chi connectivity index (χ3n) is 2.70. The van der Waals surface area contributed by atoms with Gasteiger partial charge < -0.3 is 9.73 Å². The van der Waals surface area contributed by atoms with Crippen LogP contribution in [-0.4, -0.2) is 10.9 Å². The van der Waals surface area contributed by atoms with Gasteiger partial charge in [0.05, 0.1) is 21.5 Å². The smallest absolute Gasteiger partial charge is 0.248 e. The summed E-state index contributed by atoms with van der Waals surface area (Å²) in [5, 5.41) is 3.82. The highest BCUT2D eigenvalue weighted by molar-refractivity contribution is 7.18. The molecule has 0 atom stereocenters. The molecule has 0 unspecified atom stereocenters. The van der Waals surface area contributed by atoms with Crippen molar-refractivity contribution in [2.24, 2.45) is 0 Å². The van der Waals surface area contributed by atoms with Crippen LogP contribution in [0.4, 0.5) is 5.69 Å². The first kappa shape index (κ1) is 12.6. The zero-order valence-corrected chi connectivity index (χ0v) is 11.6. The van der Waals surface area contributed by atoms with Gasteiger partial charge in [-0.25, -0.2) is 4.98 Å². The summed E-state index contributed by atoms with van der Waals surface area (Å²) in [5.41, 5.74) is 1.64. The van der Waals surface area contributed by atoms with E-state index in [2.05, 4.69) is 10.3 Å². The Kier molecular flexibility index (Phi) is 3.35. The lowest BCUT2D eigenvalue weighted by Gasteiger charge is -2.01. The van der Waals surface area contributed by atoms with Gasteiger partial charge in [-0.3, -0.25) is 4.79 Å². The van der Waals surface area contributed by atoms with E-state index in [0.717, 1.165) is 20.9 Å². The fraction of sp³-hybridized carbons (Fsp3) is 0.0667. The Bertz CT molecular complexity index is 772. The highest BCUT2D eigenvalue weighted by Gasteiger charge is 2.03. The van der Waals surface area contributed by atoms with Crippen molar-refractivity contribution in [2.75, 3.05) is 5.32 Å². The van der Waals surface area contributed by atoms with Gasteiger partial charge in [0.1, 0.15) is 5.76 Å². The number of rotatable bonds is 3. The quantitative estimate of drug-likeness (QED) is 0.743. The van der Waals surface area contributed by atoms with E-state index >= 15 is 0 Å². The van der Waals surface area contributed by atoms with Gasteiger partial charge in [-0.1, -0.05) is 0 Å². The number of furan rings is 1. The number of hydrogen-bond donors (Lipinski definition) is 1. The van der Waals surface area contributed by atoms with Crippen LogP contribution in [0.15, 0.2) is 47.1 Å². The largest absolute Gasteiger partial charge is 0.465 e. The fourth-order valence-electron chi connectivity index (χ4n) is 1.85. The van der Waals surface area contributed by atoms with Crippen molar-refractivity contribution in [2.45, 2.75) is 6.92 Å². The van der Waals surface area contributed by atoms with E-state index < -0.39 is 0 Å². The average molecular weight is 284 g/mol. The molecule has 0 spiro atoms. The van der Waals surface area contributed by atoms with Crippen LogP contribution in [0.3, 0.4) is 0 Å². The molecule has 0 aliphatic rings. The van der Waals surface area contributed by atoms with E-state index in [9.17, 15) is 4.79 Å². The van der Waals surface area contributed by atoms with Gasteiger partial charge in [0.2, 0.25) is 5.91 Å². The van der Waals surface area contributed by atoms with Crippen molar-refractivity contribution in [3.8, 4) is 0 Å². The molecule has 0 bridgehead atoms. The van der Waals surface area contributed by atoms with Gasteiger partial charge in [0.15, 0.2) is 0 Å². The van der Waals surface area contributed by atoms with E-state index in [1.807, 2.05) is 25.1 Å². The predicted molar refractivity (Wildman–Crippen MR) is 80.7 cm³/mol. The first-order valence-corrected chi connectivity index (χ1v) is 6.92. The van der Waals surface area contributed by atoms with Crippen molar-refractivity contribution in [3.63, 3.8) is 0 Å². The molecule has 0 radical (unpaired) electrons.